The summed E-state index contributed by atoms with van der Waals surface area (Å²) in [6.45, 7) is 7.17. The molecule has 2 heterocycles. The van der Waals surface area contributed by atoms with E-state index in [9.17, 15) is 5.11 Å². The third kappa shape index (κ3) is 7.33. The van der Waals surface area contributed by atoms with Crippen LogP contribution in [0.15, 0.2) is 29.0 Å². The predicted octanol–water partition coefficient (Wildman–Crippen LogP) is 1.54. The van der Waals surface area contributed by atoms with E-state index < -0.39 is 5.60 Å². The minimum atomic E-state index is -1.04. The zero-order chi connectivity index (χ0) is 17.4. The second-order valence-electron chi connectivity index (χ2n) is 6.24. The molecule has 0 aliphatic carbocycles. The molecular weight excluding hydrogens is 433 g/mol. The number of hydrogen-bond acceptors (Lipinski definition) is 4. The Morgan fingerprint density at radius 3 is 2.88 bits per heavy atom. The van der Waals surface area contributed by atoms with Crippen molar-refractivity contribution in [3.8, 4) is 0 Å². The first-order chi connectivity index (χ1) is 11.5. The summed E-state index contributed by atoms with van der Waals surface area (Å²) in [7, 11) is 1.83. The number of nitrogens with one attached hydrogen (secondary N) is 2. The quantitative estimate of drug-likeness (QED) is 0.247. The van der Waals surface area contributed by atoms with Crippen LogP contribution in [0.1, 0.15) is 32.3 Å². The van der Waals surface area contributed by atoms with E-state index in [1.165, 1.54) is 5.57 Å². The average molecular weight is 463 g/mol. The van der Waals surface area contributed by atoms with Crippen molar-refractivity contribution in [2.75, 3.05) is 32.8 Å². The summed E-state index contributed by atoms with van der Waals surface area (Å²) in [5.74, 6) is 0.717. The highest BCUT2D eigenvalue weighted by atomic mass is 127. The van der Waals surface area contributed by atoms with E-state index in [1.54, 1.807) is 17.8 Å². The van der Waals surface area contributed by atoms with Crippen molar-refractivity contribution < 1.29 is 9.84 Å². The lowest BCUT2D eigenvalue weighted by Gasteiger charge is -2.21. The standard InChI is InChI=1S/C17H29N5O2.HI/c1-4-18-16(19-8-5-14-6-9-24-10-7-14)20-13-17(2,23)15-11-21-22(3)12-15;/h6,11-12,23H,4-5,7-10,13H2,1-3H3,(H2,18,19,20);1H. The molecule has 25 heavy (non-hydrogen) atoms. The Balaban J connectivity index is 0.00000312. The van der Waals surface area contributed by atoms with E-state index in [2.05, 4.69) is 26.8 Å². The van der Waals surface area contributed by atoms with Gasteiger partial charge in [0.15, 0.2) is 5.96 Å². The van der Waals surface area contributed by atoms with Crippen molar-refractivity contribution in [3.63, 3.8) is 0 Å². The van der Waals surface area contributed by atoms with Gasteiger partial charge in [-0.2, -0.15) is 5.10 Å². The summed E-state index contributed by atoms with van der Waals surface area (Å²) in [6.07, 6.45) is 7.63. The van der Waals surface area contributed by atoms with Crippen LogP contribution in [0, 0.1) is 0 Å². The van der Waals surface area contributed by atoms with Gasteiger partial charge in [0.05, 0.1) is 26.0 Å². The molecule has 0 amide bonds. The summed E-state index contributed by atoms with van der Waals surface area (Å²) >= 11 is 0. The SMILES string of the molecule is CCNC(=NCC(C)(O)c1cnn(C)c1)NCCC1=CCOCC1.I. The highest BCUT2D eigenvalue weighted by Gasteiger charge is 2.24. The van der Waals surface area contributed by atoms with Gasteiger partial charge in [-0.15, -0.1) is 24.0 Å². The van der Waals surface area contributed by atoms with Crippen LogP contribution in [-0.2, 0) is 17.4 Å². The molecule has 1 aliphatic rings. The van der Waals surface area contributed by atoms with Gasteiger partial charge in [0, 0.05) is 31.9 Å². The minimum Gasteiger partial charge on any atom is -0.383 e. The molecule has 8 heteroatoms. The lowest BCUT2D eigenvalue weighted by atomic mass is 10.0. The van der Waals surface area contributed by atoms with Gasteiger partial charge in [-0.3, -0.25) is 4.68 Å². The van der Waals surface area contributed by atoms with Gasteiger partial charge in [0.1, 0.15) is 5.60 Å². The minimum absolute atomic E-state index is 0. The summed E-state index contributed by atoms with van der Waals surface area (Å²) in [5.41, 5.74) is 1.14. The van der Waals surface area contributed by atoms with Gasteiger partial charge in [-0.25, -0.2) is 4.99 Å². The molecular formula is C17H30IN5O2. The molecule has 1 aliphatic heterocycles. The van der Waals surface area contributed by atoms with Gasteiger partial charge in [0.2, 0.25) is 0 Å². The molecule has 7 nitrogen and oxygen atoms in total. The van der Waals surface area contributed by atoms with Crippen LogP contribution in [-0.4, -0.2) is 53.7 Å². The van der Waals surface area contributed by atoms with Gasteiger partial charge >= 0.3 is 0 Å². The summed E-state index contributed by atoms with van der Waals surface area (Å²) in [6, 6.07) is 0. The van der Waals surface area contributed by atoms with Crippen molar-refractivity contribution in [3.05, 3.63) is 29.6 Å². The lowest BCUT2D eigenvalue weighted by Crippen LogP contribution is -2.39. The Morgan fingerprint density at radius 1 is 1.48 bits per heavy atom. The molecule has 0 radical (unpaired) electrons. The number of aryl methyl sites for hydroxylation is 1. The number of aromatic nitrogens is 2. The number of nitrogens with zero attached hydrogens (tertiary/aromatic N) is 3. The van der Waals surface area contributed by atoms with Gasteiger partial charge in [0.25, 0.3) is 0 Å². The first kappa shape index (κ1) is 21.9. The number of aliphatic hydroxyl groups is 1. The first-order valence-electron chi connectivity index (χ1n) is 8.50. The van der Waals surface area contributed by atoms with E-state index in [-0.39, 0.29) is 30.5 Å². The Morgan fingerprint density at radius 2 is 2.28 bits per heavy atom. The van der Waals surface area contributed by atoms with Crippen LogP contribution in [0.25, 0.3) is 0 Å². The van der Waals surface area contributed by atoms with Crippen molar-refractivity contribution in [2.24, 2.45) is 12.0 Å². The third-order valence-electron chi connectivity index (χ3n) is 4.01. The first-order valence-corrected chi connectivity index (χ1v) is 8.50. The van der Waals surface area contributed by atoms with Crippen LogP contribution in [0.4, 0.5) is 0 Å². The van der Waals surface area contributed by atoms with Gasteiger partial charge in [-0.05, 0) is 26.7 Å². The van der Waals surface area contributed by atoms with Crippen LogP contribution in [0.2, 0.25) is 0 Å². The van der Waals surface area contributed by atoms with Crippen LogP contribution < -0.4 is 10.6 Å². The van der Waals surface area contributed by atoms with E-state index in [0.717, 1.165) is 44.7 Å². The molecule has 0 saturated carbocycles. The highest BCUT2D eigenvalue weighted by Crippen LogP contribution is 2.19. The topological polar surface area (TPSA) is 83.7 Å². The van der Waals surface area contributed by atoms with Crippen molar-refractivity contribution in [1.82, 2.24) is 20.4 Å². The Kier molecular flexibility index (Phi) is 9.44. The fourth-order valence-corrected chi connectivity index (χ4v) is 2.50. The number of halogens is 1. The molecule has 1 unspecified atom stereocenters. The van der Waals surface area contributed by atoms with Crippen LogP contribution >= 0.6 is 24.0 Å². The summed E-state index contributed by atoms with van der Waals surface area (Å²) < 4.78 is 7.00. The monoisotopic (exact) mass is 463 g/mol. The predicted molar refractivity (Wildman–Crippen MR) is 110 cm³/mol. The van der Waals surface area contributed by atoms with Crippen molar-refractivity contribution in [1.29, 1.82) is 0 Å². The molecule has 1 aromatic heterocycles. The zero-order valence-corrected chi connectivity index (χ0v) is 17.6. The normalized spacial score (nSPS) is 17.3. The molecule has 0 aromatic carbocycles. The molecule has 0 spiro atoms. The van der Waals surface area contributed by atoms with E-state index >= 15 is 0 Å². The maximum atomic E-state index is 10.6. The lowest BCUT2D eigenvalue weighted by molar-refractivity contribution is 0.0672. The Labute approximate surface area is 166 Å². The molecule has 0 fully saturated rings. The number of ether oxygens (including phenoxy) is 1. The van der Waals surface area contributed by atoms with Crippen LogP contribution in [0.3, 0.4) is 0 Å². The fraction of sp³-hybridized carbons (Fsp3) is 0.647. The third-order valence-corrected chi connectivity index (χ3v) is 4.01. The second kappa shape index (κ2) is 10.8. The molecule has 2 rings (SSSR count). The second-order valence-corrected chi connectivity index (χ2v) is 6.24. The maximum Gasteiger partial charge on any atom is 0.191 e. The highest BCUT2D eigenvalue weighted by molar-refractivity contribution is 14.0. The number of guanidine groups is 1. The average Bonchev–Trinajstić information content (AvgIpc) is 3.01. The Bertz CT molecular complexity index is 583. The van der Waals surface area contributed by atoms with Gasteiger partial charge < -0.3 is 20.5 Å². The number of hydrogen-bond donors (Lipinski definition) is 3. The Hall–Kier alpha value is -1.13. The molecule has 142 valence electrons. The van der Waals surface area contributed by atoms with E-state index in [0.29, 0.717) is 5.96 Å². The van der Waals surface area contributed by atoms with Crippen molar-refractivity contribution >= 4 is 29.9 Å². The summed E-state index contributed by atoms with van der Waals surface area (Å²) in [5, 5.41) is 21.2. The molecule has 0 saturated heterocycles. The summed E-state index contributed by atoms with van der Waals surface area (Å²) in [4.78, 5) is 4.52. The number of rotatable bonds is 7. The molecule has 0 bridgehead atoms. The molecule has 1 atom stereocenters. The zero-order valence-electron chi connectivity index (χ0n) is 15.3. The van der Waals surface area contributed by atoms with Gasteiger partial charge in [-0.1, -0.05) is 11.6 Å². The number of aliphatic imine (C=N–C) groups is 1. The molecule has 1 aromatic rings. The fourth-order valence-electron chi connectivity index (χ4n) is 2.50. The van der Waals surface area contributed by atoms with Crippen LogP contribution in [0.5, 0.6) is 0 Å². The molecule has 3 N–H and O–H groups in total. The van der Waals surface area contributed by atoms with Crippen molar-refractivity contribution in [2.45, 2.75) is 32.3 Å². The van der Waals surface area contributed by atoms with E-state index in [4.69, 9.17) is 4.74 Å². The smallest absolute Gasteiger partial charge is 0.191 e. The maximum absolute atomic E-state index is 10.6. The largest absolute Gasteiger partial charge is 0.383 e. The van der Waals surface area contributed by atoms with E-state index in [1.807, 2.05) is 20.2 Å².